The molecule has 1 fully saturated rings. The predicted octanol–water partition coefficient (Wildman–Crippen LogP) is 3.71. The lowest BCUT2D eigenvalue weighted by Crippen LogP contribution is -2.39. The summed E-state index contributed by atoms with van der Waals surface area (Å²) in [6, 6.07) is 7.65. The molecule has 1 aliphatic heterocycles. The molecule has 1 saturated heterocycles. The number of nitrogens with zero attached hydrogens (tertiary/aromatic N) is 4. The lowest BCUT2D eigenvalue weighted by Gasteiger charge is -2.20. The van der Waals surface area contributed by atoms with Gasteiger partial charge in [-0.3, -0.25) is 0 Å². The van der Waals surface area contributed by atoms with Gasteiger partial charge in [0, 0.05) is 36.4 Å². The second-order valence-corrected chi connectivity index (χ2v) is 6.07. The smallest absolute Gasteiger partial charge is 0.194 e. The highest BCUT2D eigenvalue weighted by Crippen LogP contribution is 2.14. The molecule has 130 valence electrons. The first-order chi connectivity index (χ1) is 11.3. The van der Waals surface area contributed by atoms with Crippen LogP contribution in [0.4, 0.5) is 0 Å². The fourth-order valence-corrected chi connectivity index (χ4v) is 2.82. The number of nitrogens with one attached hydrogen (secondary N) is 1. The standard InChI is InChI=1S/C17H22ClN5.HI/c1-2-19-17(22-9-3-4-10-22)20-11-14-12-21-23(13-14)16-7-5-15(18)6-8-16;/h5-8,12-13H,2-4,9-11H2,1H3,(H,19,20);1H. The third-order valence-electron chi connectivity index (χ3n) is 3.88. The van der Waals surface area contributed by atoms with Gasteiger partial charge in [0.2, 0.25) is 0 Å². The van der Waals surface area contributed by atoms with E-state index < -0.39 is 0 Å². The molecular formula is C17H23ClIN5. The molecule has 0 atom stereocenters. The van der Waals surface area contributed by atoms with E-state index in [4.69, 9.17) is 16.6 Å². The quantitative estimate of drug-likeness (QED) is 0.431. The Bertz CT molecular complexity index is 662. The zero-order valence-electron chi connectivity index (χ0n) is 13.8. The van der Waals surface area contributed by atoms with Crippen molar-refractivity contribution in [3.05, 3.63) is 47.2 Å². The summed E-state index contributed by atoms with van der Waals surface area (Å²) in [6.45, 7) is 5.81. The van der Waals surface area contributed by atoms with Crippen molar-refractivity contribution in [2.75, 3.05) is 19.6 Å². The van der Waals surface area contributed by atoms with Crippen LogP contribution >= 0.6 is 35.6 Å². The topological polar surface area (TPSA) is 45.5 Å². The zero-order valence-corrected chi connectivity index (χ0v) is 16.9. The van der Waals surface area contributed by atoms with E-state index in [0.29, 0.717) is 6.54 Å². The number of aromatic nitrogens is 2. The molecule has 0 unspecified atom stereocenters. The summed E-state index contributed by atoms with van der Waals surface area (Å²) in [7, 11) is 0. The van der Waals surface area contributed by atoms with Gasteiger partial charge in [0.15, 0.2) is 5.96 Å². The third kappa shape index (κ3) is 4.86. The number of hydrogen-bond acceptors (Lipinski definition) is 2. The molecule has 0 saturated carbocycles. The number of hydrogen-bond donors (Lipinski definition) is 1. The molecule has 1 aromatic heterocycles. The minimum absolute atomic E-state index is 0. The normalized spacial score (nSPS) is 14.6. The maximum Gasteiger partial charge on any atom is 0.194 e. The van der Waals surface area contributed by atoms with Crippen molar-refractivity contribution < 1.29 is 0 Å². The summed E-state index contributed by atoms with van der Waals surface area (Å²) >= 11 is 5.92. The van der Waals surface area contributed by atoms with Crippen LogP contribution in [0.15, 0.2) is 41.7 Å². The van der Waals surface area contributed by atoms with Crippen LogP contribution in [0.25, 0.3) is 5.69 Å². The molecule has 0 spiro atoms. The molecule has 7 heteroatoms. The second-order valence-electron chi connectivity index (χ2n) is 5.63. The molecule has 0 aliphatic carbocycles. The van der Waals surface area contributed by atoms with E-state index in [2.05, 4.69) is 22.2 Å². The third-order valence-corrected chi connectivity index (χ3v) is 4.13. The van der Waals surface area contributed by atoms with Gasteiger partial charge in [-0.25, -0.2) is 9.67 Å². The zero-order chi connectivity index (χ0) is 16.1. The van der Waals surface area contributed by atoms with Gasteiger partial charge in [-0.1, -0.05) is 11.6 Å². The molecule has 1 aromatic carbocycles. The molecule has 2 aromatic rings. The Labute approximate surface area is 165 Å². The van der Waals surface area contributed by atoms with Crippen LogP contribution in [0, 0.1) is 0 Å². The Morgan fingerprint density at radius 2 is 1.96 bits per heavy atom. The van der Waals surface area contributed by atoms with Crippen LogP contribution < -0.4 is 5.32 Å². The summed E-state index contributed by atoms with van der Waals surface area (Å²) in [5.74, 6) is 1.00. The summed E-state index contributed by atoms with van der Waals surface area (Å²) in [6.07, 6.45) is 6.38. The van der Waals surface area contributed by atoms with Crippen LogP contribution in [0.2, 0.25) is 5.02 Å². The van der Waals surface area contributed by atoms with Gasteiger partial charge in [0.25, 0.3) is 0 Å². The van der Waals surface area contributed by atoms with Crippen molar-refractivity contribution in [3.8, 4) is 5.69 Å². The summed E-state index contributed by atoms with van der Waals surface area (Å²) in [5, 5.41) is 8.51. The first kappa shape index (κ1) is 19.1. The number of guanidine groups is 1. The lowest BCUT2D eigenvalue weighted by molar-refractivity contribution is 0.493. The number of likely N-dealkylation sites (tertiary alicyclic amines) is 1. The molecule has 0 radical (unpaired) electrons. The van der Waals surface area contributed by atoms with Crippen LogP contribution in [-0.2, 0) is 6.54 Å². The van der Waals surface area contributed by atoms with Crippen LogP contribution in [0.3, 0.4) is 0 Å². The van der Waals surface area contributed by atoms with Gasteiger partial charge in [0.05, 0.1) is 18.4 Å². The van der Waals surface area contributed by atoms with Crippen LogP contribution in [-0.4, -0.2) is 40.3 Å². The summed E-state index contributed by atoms with van der Waals surface area (Å²) in [5.41, 5.74) is 2.09. The summed E-state index contributed by atoms with van der Waals surface area (Å²) < 4.78 is 1.85. The van der Waals surface area contributed by atoms with Gasteiger partial charge in [-0.2, -0.15) is 5.10 Å². The van der Waals surface area contributed by atoms with E-state index in [0.717, 1.165) is 41.9 Å². The van der Waals surface area contributed by atoms with Crippen molar-refractivity contribution in [1.82, 2.24) is 20.0 Å². The average Bonchev–Trinajstić information content (AvgIpc) is 3.24. The number of halogens is 2. The average molecular weight is 460 g/mol. The van der Waals surface area contributed by atoms with E-state index in [-0.39, 0.29) is 24.0 Å². The first-order valence-corrected chi connectivity index (χ1v) is 8.47. The highest BCUT2D eigenvalue weighted by molar-refractivity contribution is 14.0. The van der Waals surface area contributed by atoms with Crippen LogP contribution in [0.5, 0.6) is 0 Å². The minimum atomic E-state index is 0. The van der Waals surface area contributed by atoms with Crippen LogP contribution in [0.1, 0.15) is 25.3 Å². The fourth-order valence-electron chi connectivity index (χ4n) is 2.70. The second kappa shape index (κ2) is 9.27. The maximum atomic E-state index is 5.92. The minimum Gasteiger partial charge on any atom is -0.357 e. The number of aliphatic imine (C=N–C) groups is 1. The monoisotopic (exact) mass is 459 g/mol. The van der Waals surface area contributed by atoms with E-state index in [1.165, 1.54) is 12.8 Å². The molecule has 1 N–H and O–H groups in total. The SMILES string of the molecule is CCNC(=NCc1cnn(-c2ccc(Cl)cc2)c1)N1CCCC1.I. The lowest BCUT2D eigenvalue weighted by atomic mass is 10.3. The predicted molar refractivity (Wildman–Crippen MR) is 110 cm³/mol. The van der Waals surface area contributed by atoms with Gasteiger partial charge < -0.3 is 10.2 Å². The maximum absolute atomic E-state index is 5.92. The molecular weight excluding hydrogens is 437 g/mol. The van der Waals surface area contributed by atoms with Crippen molar-refractivity contribution >= 4 is 41.5 Å². The van der Waals surface area contributed by atoms with Crippen molar-refractivity contribution in [2.24, 2.45) is 4.99 Å². The van der Waals surface area contributed by atoms with E-state index in [1.54, 1.807) is 0 Å². The Morgan fingerprint density at radius 3 is 2.62 bits per heavy atom. The van der Waals surface area contributed by atoms with Crippen molar-refractivity contribution in [2.45, 2.75) is 26.3 Å². The van der Waals surface area contributed by atoms with Gasteiger partial charge in [-0.15, -0.1) is 24.0 Å². The van der Waals surface area contributed by atoms with E-state index in [1.807, 2.05) is 41.3 Å². The molecule has 5 nitrogen and oxygen atoms in total. The van der Waals surface area contributed by atoms with E-state index in [9.17, 15) is 0 Å². The van der Waals surface area contributed by atoms with Gasteiger partial charge >= 0.3 is 0 Å². The number of benzene rings is 1. The van der Waals surface area contributed by atoms with Gasteiger partial charge in [0.1, 0.15) is 0 Å². The van der Waals surface area contributed by atoms with Crippen molar-refractivity contribution in [1.29, 1.82) is 0 Å². The van der Waals surface area contributed by atoms with Crippen molar-refractivity contribution in [3.63, 3.8) is 0 Å². The fraction of sp³-hybridized carbons (Fsp3) is 0.412. The molecule has 0 bridgehead atoms. The Kier molecular flexibility index (Phi) is 7.36. The first-order valence-electron chi connectivity index (χ1n) is 8.09. The van der Waals surface area contributed by atoms with Gasteiger partial charge in [-0.05, 0) is 44.0 Å². The summed E-state index contributed by atoms with van der Waals surface area (Å²) in [4.78, 5) is 7.07. The number of rotatable bonds is 4. The Hall–Kier alpha value is -1.28. The highest BCUT2D eigenvalue weighted by atomic mass is 127. The molecule has 1 aliphatic rings. The molecule has 24 heavy (non-hydrogen) atoms. The Morgan fingerprint density at radius 1 is 1.25 bits per heavy atom. The van der Waals surface area contributed by atoms with E-state index >= 15 is 0 Å². The largest absolute Gasteiger partial charge is 0.357 e. The highest BCUT2D eigenvalue weighted by Gasteiger charge is 2.15. The molecule has 3 rings (SSSR count). The molecule has 0 amide bonds. The Balaban J connectivity index is 0.00000208. The molecule has 2 heterocycles.